The molecule has 0 amide bonds. The van der Waals surface area contributed by atoms with E-state index in [0.29, 0.717) is 23.6 Å². The molecular weight excluding hydrogens is 350 g/mol. The summed E-state index contributed by atoms with van der Waals surface area (Å²) in [5.41, 5.74) is 2.92. The van der Waals surface area contributed by atoms with Crippen LogP contribution in [0.25, 0.3) is 0 Å². The Morgan fingerprint density at radius 1 is 1.18 bits per heavy atom. The molecule has 0 spiro atoms. The standard InChI is InChI=1S/C24H29NO3/c1-23(2)22-14-17-18(9-7-10-19(17)26)24(23,3)12-13-25(22)15-20(27)16-8-5-6-11-21(16)28-4/h5-11,22,26H,12-15H2,1-4H3/t22-,24+/m1/s1. The van der Waals surface area contributed by atoms with E-state index in [1.165, 1.54) is 5.56 Å². The van der Waals surface area contributed by atoms with Gasteiger partial charge >= 0.3 is 0 Å². The van der Waals surface area contributed by atoms with Crippen LogP contribution in [0.5, 0.6) is 11.5 Å². The van der Waals surface area contributed by atoms with Crippen LogP contribution in [-0.2, 0) is 11.8 Å². The number of likely N-dealkylation sites (tertiary alicyclic amines) is 1. The highest BCUT2D eigenvalue weighted by Crippen LogP contribution is 2.57. The molecule has 4 heteroatoms. The lowest BCUT2D eigenvalue weighted by molar-refractivity contribution is -0.0345. The Bertz CT molecular complexity index is 920. The number of para-hydroxylation sites is 1. The summed E-state index contributed by atoms with van der Waals surface area (Å²) in [6.45, 7) is 8.18. The Hall–Kier alpha value is -2.33. The van der Waals surface area contributed by atoms with Crippen LogP contribution in [0.15, 0.2) is 42.5 Å². The number of phenolic OH excluding ortho intramolecular Hbond substituents is 1. The molecule has 0 saturated carbocycles. The van der Waals surface area contributed by atoms with E-state index >= 15 is 0 Å². The minimum atomic E-state index is -0.0199. The number of Topliss-reactive ketones (excluding diaryl/α,β-unsaturated/α-hetero) is 1. The summed E-state index contributed by atoms with van der Waals surface area (Å²) < 4.78 is 5.38. The first-order valence-corrected chi connectivity index (χ1v) is 10.0. The van der Waals surface area contributed by atoms with Gasteiger partial charge in [0.1, 0.15) is 11.5 Å². The number of rotatable bonds is 4. The fourth-order valence-corrected chi connectivity index (χ4v) is 5.37. The summed E-state index contributed by atoms with van der Waals surface area (Å²) in [7, 11) is 1.60. The number of piperidine rings is 1. The molecular formula is C24H29NO3. The average Bonchev–Trinajstić information content (AvgIpc) is 2.67. The molecule has 2 aromatic carbocycles. The molecule has 2 aromatic rings. The monoisotopic (exact) mass is 379 g/mol. The molecule has 1 aliphatic carbocycles. The molecule has 4 nitrogen and oxygen atoms in total. The van der Waals surface area contributed by atoms with Gasteiger partial charge in [0.25, 0.3) is 0 Å². The smallest absolute Gasteiger partial charge is 0.180 e. The minimum Gasteiger partial charge on any atom is -0.508 e. The van der Waals surface area contributed by atoms with Crippen LogP contribution in [0.4, 0.5) is 0 Å². The third-order valence-corrected chi connectivity index (χ3v) is 7.49. The second-order valence-corrected chi connectivity index (χ2v) is 8.92. The van der Waals surface area contributed by atoms with Crippen molar-refractivity contribution in [3.63, 3.8) is 0 Å². The number of hydrogen-bond donors (Lipinski definition) is 1. The Balaban J connectivity index is 1.68. The lowest BCUT2D eigenvalue weighted by Gasteiger charge is -2.60. The van der Waals surface area contributed by atoms with Crippen molar-refractivity contribution in [3.05, 3.63) is 59.2 Å². The number of ether oxygens (including phenoxy) is 1. The van der Waals surface area contributed by atoms with Crippen molar-refractivity contribution in [1.82, 2.24) is 4.90 Å². The highest BCUT2D eigenvalue weighted by molar-refractivity contribution is 6.00. The zero-order valence-electron chi connectivity index (χ0n) is 17.2. The van der Waals surface area contributed by atoms with Crippen LogP contribution in [0.3, 0.4) is 0 Å². The van der Waals surface area contributed by atoms with Crippen LogP contribution in [0.2, 0.25) is 0 Å². The summed E-state index contributed by atoms with van der Waals surface area (Å²) in [6.07, 6.45) is 1.73. The van der Waals surface area contributed by atoms with E-state index in [9.17, 15) is 9.90 Å². The fourth-order valence-electron chi connectivity index (χ4n) is 5.37. The lowest BCUT2D eigenvalue weighted by atomic mass is 9.51. The van der Waals surface area contributed by atoms with Crippen LogP contribution in [-0.4, -0.2) is 42.0 Å². The molecule has 2 aliphatic rings. The second kappa shape index (κ2) is 6.63. The topological polar surface area (TPSA) is 49.8 Å². The van der Waals surface area contributed by atoms with E-state index in [4.69, 9.17) is 4.74 Å². The number of methoxy groups -OCH3 is 1. The largest absolute Gasteiger partial charge is 0.508 e. The van der Waals surface area contributed by atoms with Crippen molar-refractivity contribution < 1.29 is 14.6 Å². The molecule has 28 heavy (non-hydrogen) atoms. The van der Waals surface area contributed by atoms with Crippen LogP contribution in [0.1, 0.15) is 48.7 Å². The van der Waals surface area contributed by atoms with Crippen LogP contribution < -0.4 is 4.74 Å². The van der Waals surface area contributed by atoms with Gasteiger partial charge in [-0.15, -0.1) is 0 Å². The first-order chi connectivity index (χ1) is 13.3. The van der Waals surface area contributed by atoms with Crippen molar-refractivity contribution in [1.29, 1.82) is 0 Å². The van der Waals surface area contributed by atoms with E-state index in [1.54, 1.807) is 13.2 Å². The Morgan fingerprint density at radius 3 is 2.68 bits per heavy atom. The highest BCUT2D eigenvalue weighted by atomic mass is 16.5. The number of aromatic hydroxyl groups is 1. The van der Waals surface area contributed by atoms with E-state index in [0.717, 1.165) is 24.9 Å². The molecule has 0 aromatic heterocycles. The van der Waals surface area contributed by atoms with E-state index in [1.807, 2.05) is 30.3 Å². The first-order valence-electron chi connectivity index (χ1n) is 10.0. The highest BCUT2D eigenvalue weighted by Gasteiger charge is 2.56. The van der Waals surface area contributed by atoms with Crippen molar-refractivity contribution >= 4 is 5.78 Å². The molecule has 1 fully saturated rings. The van der Waals surface area contributed by atoms with Crippen molar-refractivity contribution in [3.8, 4) is 11.5 Å². The lowest BCUT2D eigenvalue weighted by Crippen LogP contribution is -2.64. The van der Waals surface area contributed by atoms with E-state index in [-0.39, 0.29) is 22.7 Å². The van der Waals surface area contributed by atoms with Gasteiger partial charge in [0, 0.05) is 11.5 Å². The first kappa shape index (κ1) is 19.0. The summed E-state index contributed by atoms with van der Waals surface area (Å²) in [5, 5.41) is 10.5. The minimum absolute atomic E-state index is 0.00685. The SMILES string of the molecule is COc1ccccc1C(=O)CN1CC[C@@]2(C)c3cccc(O)c3C[C@@H]1C2(C)C. The second-order valence-electron chi connectivity index (χ2n) is 8.92. The zero-order chi connectivity index (χ0) is 20.1. The number of ketones is 1. The fraction of sp³-hybridized carbons (Fsp3) is 0.458. The number of hydrogen-bond acceptors (Lipinski definition) is 4. The van der Waals surface area contributed by atoms with E-state index < -0.39 is 0 Å². The van der Waals surface area contributed by atoms with Gasteiger partial charge in [0.05, 0.1) is 19.2 Å². The van der Waals surface area contributed by atoms with Gasteiger partial charge in [-0.2, -0.15) is 0 Å². The van der Waals surface area contributed by atoms with Gasteiger partial charge in [0.2, 0.25) is 0 Å². The van der Waals surface area contributed by atoms with Crippen molar-refractivity contribution in [2.45, 2.75) is 45.1 Å². The van der Waals surface area contributed by atoms with Gasteiger partial charge in [-0.25, -0.2) is 0 Å². The van der Waals surface area contributed by atoms with Crippen molar-refractivity contribution in [2.75, 3.05) is 20.2 Å². The third-order valence-electron chi connectivity index (χ3n) is 7.49. The maximum atomic E-state index is 13.1. The van der Waals surface area contributed by atoms with Crippen LogP contribution in [0, 0.1) is 5.41 Å². The van der Waals surface area contributed by atoms with Gasteiger partial charge < -0.3 is 9.84 Å². The zero-order valence-corrected chi connectivity index (χ0v) is 17.2. The Kier molecular flexibility index (Phi) is 4.50. The molecule has 1 saturated heterocycles. The number of carbonyl (C=O) groups excluding carboxylic acids is 1. The number of phenols is 1. The number of fused-ring (bicyclic) bond motifs is 4. The number of nitrogens with zero attached hydrogens (tertiary/aromatic N) is 1. The predicted molar refractivity (Wildman–Crippen MR) is 110 cm³/mol. The Labute approximate surface area is 167 Å². The molecule has 2 bridgehead atoms. The predicted octanol–water partition coefficient (Wildman–Crippen LogP) is 4.20. The number of carbonyl (C=O) groups is 1. The number of benzene rings is 2. The molecule has 148 valence electrons. The van der Waals surface area contributed by atoms with Gasteiger partial charge in [0.15, 0.2) is 5.78 Å². The van der Waals surface area contributed by atoms with Crippen molar-refractivity contribution in [2.24, 2.45) is 5.41 Å². The summed E-state index contributed by atoms with van der Waals surface area (Å²) >= 11 is 0. The van der Waals surface area contributed by atoms with Gasteiger partial charge in [-0.3, -0.25) is 9.69 Å². The summed E-state index contributed by atoms with van der Waals surface area (Å²) in [4.78, 5) is 15.4. The van der Waals surface area contributed by atoms with Gasteiger partial charge in [-0.05, 0) is 54.1 Å². The molecule has 1 N–H and O–H groups in total. The Morgan fingerprint density at radius 2 is 1.93 bits per heavy atom. The third kappa shape index (κ3) is 2.66. The molecule has 1 aliphatic heterocycles. The van der Waals surface area contributed by atoms with E-state index in [2.05, 4.69) is 31.7 Å². The maximum Gasteiger partial charge on any atom is 0.180 e. The van der Waals surface area contributed by atoms with Gasteiger partial charge in [-0.1, -0.05) is 45.0 Å². The maximum absolute atomic E-state index is 13.1. The van der Waals surface area contributed by atoms with Crippen LogP contribution >= 0.6 is 0 Å². The molecule has 2 atom stereocenters. The molecule has 4 rings (SSSR count). The molecule has 0 radical (unpaired) electrons. The summed E-state index contributed by atoms with van der Waals surface area (Å²) in [5.74, 6) is 1.09. The molecule has 1 heterocycles. The molecule has 0 unspecified atom stereocenters. The summed E-state index contributed by atoms with van der Waals surface area (Å²) in [6, 6.07) is 13.5. The average molecular weight is 380 g/mol. The quantitative estimate of drug-likeness (QED) is 0.809. The normalized spacial score (nSPS) is 25.8.